The van der Waals surface area contributed by atoms with E-state index in [1.165, 1.54) is 0 Å². The first-order valence-corrected chi connectivity index (χ1v) is 9.19. The van der Waals surface area contributed by atoms with Gasteiger partial charge >= 0.3 is 0 Å². The van der Waals surface area contributed by atoms with Gasteiger partial charge in [0, 0.05) is 16.8 Å². The van der Waals surface area contributed by atoms with Crippen molar-refractivity contribution in [1.82, 2.24) is 25.1 Å². The van der Waals surface area contributed by atoms with Gasteiger partial charge < -0.3 is 14.9 Å². The monoisotopic (exact) mass is 390 g/mol. The van der Waals surface area contributed by atoms with Crippen LogP contribution in [0, 0.1) is 0 Å². The van der Waals surface area contributed by atoms with Gasteiger partial charge in [-0.2, -0.15) is 4.98 Å². The number of aliphatic hydroxyl groups excluding tert-OH is 1. The van der Waals surface area contributed by atoms with Gasteiger partial charge in [-0.15, -0.1) is 5.10 Å². The molecule has 5 rings (SSSR count). The molecule has 146 valence electrons. The topological polar surface area (TPSA) is 119 Å². The Morgan fingerprint density at radius 3 is 2.86 bits per heavy atom. The SMILES string of the molecule is CC(C)(CO)n1nnc2cc(-c3noc(-c4ccc5c(c4)CC(=O)N5)n3)ccc21. The van der Waals surface area contributed by atoms with E-state index < -0.39 is 5.54 Å². The molecule has 2 aromatic carbocycles. The number of aliphatic hydroxyl groups is 1. The molecule has 0 atom stereocenters. The number of hydrogen-bond donors (Lipinski definition) is 2. The van der Waals surface area contributed by atoms with Crippen LogP contribution in [0.2, 0.25) is 0 Å². The third-order valence-corrected chi connectivity index (χ3v) is 5.07. The molecule has 0 saturated heterocycles. The highest BCUT2D eigenvalue weighted by Crippen LogP contribution is 2.30. The first kappa shape index (κ1) is 17.5. The smallest absolute Gasteiger partial charge is 0.258 e. The van der Waals surface area contributed by atoms with E-state index in [0.717, 1.165) is 27.9 Å². The summed E-state index contributed by atoms with van der Waals surface area (Å²) in [6.07, 6.45) is 0.348. The molecule has 0 aliphatic carbocycles. The van der Waals surface area contributed by atoms with Crippen LogP contribution in [0.3, 0.4) is 0 Å². The normalized spacial score (nSPS) is 13.7. The van der Waals surface area contributed by atoms with Crippen molar-refractivity contribution in [2.45, 2.75) is 25.8 Å². The lowest BCUT2D eigenvalue weighted by atomic mass is 10.1. The summed E-state index contributed by atoms with van der Waals surface area (Å²) in [4.78, 5) is 16.0. The second-order valence-corrected chi connectivity index (χ2v) is 7.70. The number of amides is 1. The minimum absolute atomic E-state index is 0.0194. The fraction of sp³-hybridized carbons (Fsp3) is 0.250. The quantitative estimate of drug-likeness (QED) is 0.549. The van der Waals surface area contributed by atoms with Gasteiger partial charge in [0.1, 0.15) is 5.52 Å². The molecule has 29 heavy (non-hydrogen) atoms. The minimum Gasteiger partial charge on any atom is -0.394 e. The number of fused-ring (bicyclic) bond motifs is 2. The van der Waals surface area contributed by atoms with Gasteiger partial charge in [0.05, 0.1) is 24.1 Å². The maximum Gasteiger partial charge on any atom is 0.258 e. The number of anilines is 1. The predicted octanol–water partition coefficient (Wildman–Crippen LogP) is 2.37. The van der Waals surface area contributed by atoms with Gasteiger partial charge in [-0.05, 0) is 55.8 Å². The van der Waals surface area contributed by atoms with E-state index in [-0.39, 0.29) is 12.5 Å². The molecule has 3 heterocycles. The van der Waals surface area contributed by atoms with Crippen molar-refractivity contribution in [2.24, 2.45) is 0 Å². The van der Waals surface area contributed by atoms with Gasteiger partial charge in [-0.25, -0.2) is 4.68 Å². The second kappa shape index (κ2) is 6.21. The third kappa shape index (κ3) is 2.87. The van der Waals surface area contributed by atoms with Crippen LogP contribution in [0.4, 0.5) is 5.69 Å². The zero-order chi connectivity index (χ0) is 20.2. The molecule has 0 unspecified atom stereocenters. The Morgan fingerprint density at radius 2 is 2.03 bits per heavy atom. The van der Waals surface area contributed by atoms with Crippen molar-refractivity contribution in [2.75, 3.05) is 11.9 Å². The van der Waals surface area contributed by atoms with E-state index in [9.17, 15) is 9.90 Å². The summed E-state index contributed by atoms with van der Waals surface area (Å²) in [5.41, 5.74) is 4.17. The van der Waals surface area contributed by atoms with Crippen LogP contribution < -0.4 is 5.32 Å². The molecule has 9 heteroatoms. The third-order valence-electron chi connectivity index (χ3n) is 5.07. The summed E-state index contributed by atoms with van der Waals surface area (Å²) in [6, 6.07) is 11.2. The Labute approximate surface area is 165 Å². The Hall–Kier alpha value is -3.59. The number of hydrogen-bond acceptors (Lipinski definition) is 7. The Bertz CT molecular complexity index is 1260. The minimum atomic E-state index is -0.556. The fourth-order valence-electron chi connectivity index (χ4n) is 3.40. The number of aromatic nitrogens is 5. The number of rotatable bonds is 4. The predicted molar refractivity (Wildman–Crippen MR) is 105 cm³/mol. The van der Waals surface area contributed by atoms with Crippen LogP contribution in [0.1, 0.15) is 19.4 Å². The fourth-order valence-corrected chi connectivity index (χ4v) is 3.40. The van der Waals surface area contributed by atoms with Gasteiger partial charge in [0.25, 0.3) is 5.89 Å². The van der Waals surface area contributed by atoms with E-state index in [1.54, 1.807) is 4.68 Å². The van der Waals surface area contributed by atoms with Crippen LogP contribution in [0.25, 0.3) is 33.9 Å². The van der Waals surface area contributed by atoms with Crippen LogP contribution in [-0.4, -0.2) is 42.8 Å². The zero-order valence-corrected chi connectivity index (χ0v) is 15.9. The largest absolute Gasteiger partial charge is 0.394 e. The summed E-state index contributed by atoms with van der Waals surface area (Å²) < 4.78 is 7.14. The van der Waals surface area contributed by atoms with Crippen molar-refractivity contribution in [3.63, 3.8) is 0 Å². The molecule has 4 aromatic rings. The Kier molecular flexibility index (Phi) is 3.75. The maximum atomic E-state index is 11.5. The van der Waals surface area contributed by atoms with E-state index >= 15 is 0 Å². The molecule has 0 fully saturated rings. The van der Waals surface area contributed by atoms with E-state index in [4.69, 9.17) is 4.52 Å². The van der Waals surface area contributed by atoms with Crippen molar-refractivity contribution >= 4 is 22.6 Å². The molecule has 2 aromatic heterocycles. The number of carbonyl (C=O) groups excluding carboxylic acids is 1. The Morgan fingerprint density at radius 1 is 1.21 bits per heavy atom. The van der Waals surface area contributed by atoms with Crippen molar-refractivity contribution in [3.05, 3.63) is 42.0 Å². The lowest BCUT2D eigenvalue weighted by molar-refractivity contribution is -0.115. The maximum absolute atomic E-state index is 11.5. The van der Waals surface area contributed by atoms with Crippen molar-refractivity contribution < 1.29 is 14.4 Å². The molecule has 2 N–H and O–H groups in total. The number of nitrogens with zero attached hydrogens (tertiary/aromatic N) is 5. The first-order chi connectivity index (χ1) is 13.9. The zero-order valence-electron chi connectivity index (χ0n) is 15.9. The number of benzene rings is 2. The van der Waals surface area contributed by atoms with Crippen LogP contribution in [0.5, 0.6) is 0 Å². The molecule has 1 amide bonds. The summed E-state index contributed by atoms with van der Waals surface area (Å²) in [6.45, 7) is 3.73. The summed E-state index contributed by atoms with van der Waals surface area (Å²) in [7, 11) is 0. The molecule has 0 radical (unpaired) electrons. The van der Waals surface area contributed by atoms with E-state index in [0.29, 0.717) is 23.7 Å². The second-order valence-electron chi connectivity index (χ2n) is 7.70. The van der Waals surface area contributed by atoms with Crippen molar-refractivity contribution in [3.8, 4) is 22.8 Å². The average molecular weight is 390 g/mol. The highest BCUT2D eigenvalue weighted by Gasteiger charge is 2.24. The summed E-state index contributed by atoms with van der Waals surface area (Å²) >= 11 is 0. The van der Waals surface area contributed by atoms with Gasteiger partial charge in [0.2, 0.25) is 11.7 Å². The van der Waals surface area contributed by atoms with Crippen molar-refractivity contribution in [1.29, 1.82) is 0 Å². The highest BCUT2D eigenvalue weighted by atomic mass is 16.5. The average Bonchev–Trinajstić information content (AvgIpc) is 3.43. The lowest BCUT2D eigenvalue weighted by Gasteiger charge is -2.22. The summed E-state index contributed by atoms with van der Waals surface area (Å²) in [5, 5.41) is 24.9. The van der Waals surface area contributed by atoms with Crippen LogP contribution in [0.15, 0.2) is 40.9 Å². The number of carbonyl (C=O) groups is 1. The van der Waals surface area contributed by atoms with Gasteiger partial charge in [-0.1, -0.05) is 10.4 Å². The molecule has 1 aliphatic heterocycles. The molecule has 0 saturated carbocycles. The first-order valence-electron chi connectivity index (χ1n) is 9.19. The number of nitrogens with one attached hydrogen (secondary N) is 1. The molecular formula is C20H18N6O3. The van der Waals surface area contributed by atoms with Crippen LogP contribution in [-0.2, 0) is 16.8 Å². The van der Waals surface area contributed by atoms with E-state index in [2.05, 4.69) is 25.8 Å². The van der Waals surface area contributed by atoms with Gasteiger partial charge in [0.15, 0.2) is 0 Å². The highest BCUT2D eigenvalue weighted by molar-refractivity contribution is 5.99. The molecule has 0 bridgehead atoms. The Balaban J connectivity index is 1.49. The molecule has 9 nitrogen and oxygen atoms in total. The van der Waals surface area contributed by atoms with E-state index in [1.807, 2.05) is 50.2 Å². The van der Waals surface area contributed by atoms with Gasteiger partial charge in [-0.3, -0.25) is 4.79 Å². The lowest BCUT2D eigenvalue weighted by Crippen LogP contribution is -2.31. The summed E-state index contributed by atoms with van der Waals surface area (Å²) in [5.74, 6) is 0.800. The van der Waals surface area contributed by atoms with Crippen LogP contribution >= 0.6 is 0 Å². The standard InChI is InChI=1S/C20H18N6O3/c1-20(2,10-27)26-16-6-4-11(8-15(16)23-25-26)18-22-19(29-24-18)12-3-5-14-13(7-12)9-17(28)21-14/h3-8,27H,9-10H2,1-2H3,(H,21,28). The molecule has 0 spiro atoms. The molecule has 1 aliphatic rings. The molecular weight excluding hydrogens is 372 g/mol.